The van der Waals surface area contributed by atoms with E-state index in [0.717, 1.165) is 18.3 Å². The number of nitrogens with zero attached hydrogens (tertiary/aromatic N) is 4. The van der Waals surface area contributed by atoms with E-state index in [4.69, 9.17) is 0 Å². The first-order valence-corrected chi connectivity index (χ1v) is 10.2. The molecule has 0 bridgehead atoms. The first kappa shape index (κ1) is 24.9. The number of aliphatic hydroxyl groups excluding tert-OH is 1. The molecule has 4 aromatic rings. The highest BCUT2D eigenvalue weighted by molar-refractivity contribution is 5.58. The molecule has 10 nitrogen and oxygen atoms in total. The number of aromatic nitrogens is 6. The lowest BCUT2D eigenvalue weighted by Gasteiger charge is -2.15. The summed E-state index contributed by atoms with van der Waals surface area (Å²) in [4.78, 5) is 25.4. The number of anilines is 1. The highest BCUT2D eigenvalue weighted by Crippen LogP contribution is 2.31. The highest BCUT2D eigenvalue weighted by Gasteiger charge is 2.31. The van der Waals surface area contributed by atoms with E-state index in [2.05, 4.69) is 40.8 Å². The fraction of sp³-hybridized carbons (Fsp3) is 0.190. The van der Waals surface area contributed by atoms with Gasteiger partial charge in [-0.15, -0.1) is 0 Å². The van der Waals surface area contributed by atoms with Crippen LogP contribution in [0.1, 0.15) is 28.9 Å². The first-order valence-electron chi connectivity index (χ1n) is 10.2. The molecular weight excluding hydrogens is 491 g/mol. The van der Waals surface area contributed by atoms with Crippen molar-refractivity contribution in [1.29, 1.82) is 0 Å². The molecule has 0 aliphatic carbocycles. The number of H-pyrrole nitrogens is 2. The predicted molar refractivity (Wildman–Crippen MR) is 115 cm³/mol. The third kappa shape index (κ3) is 6.05. The minimum Gasteiger partial charge on any atom is -0.373 e. The van der Waals surface area contributed by atoms with Gasteiger partial charge in [0.15, 0.2) is 5.82 Å². The van der Waals surface area contributed by atoms with Gasteiger partial charge in [0.2, 0.25) is 0 Å². The summed E-state index contributed by atoms with van der Waals surface area (Å²) in [6.45, 7) is -0.241. The Kier molecular flexibility index (Phi) is 7.03. The second-order valence-electron chi connectivity index (χ2n) is 7.46. The van der Waals surface area contributed by atoms with Crippen molar-refractivity contribution in [3.63, 3.8) is 0 Å². The molecule has 0 fully saturated rings. The van der Waals surface area contributed by atoms with E-state index in [1.165, 1.54) is 12.1 Å². The molecule has 0 saturated heterocycles. The SMILES string of the molecule is O=c1[nH]nc(CNC(O)c2cc(NCc3ccc(F)cc3F)nc(-c3cncc(C(F)(F)F)c3)n2)[nH]1. The molecule has 36 heavy (non-hydrogen) atoms. The predicted octanol–water partition coefficient (Wildman–Crippen LogP) is 2.64. The summed E-state index contributed by atoms with van der Waals surface area (Å²) >= 11 is 0. The second-order valence-corrected chi connectivity index (χ2v) is 7.46. The van der Waals surface area contributed by atoms with Crippen LogP contribution >= 0.6 is 0 Å². The van der Waals surface area contributed by atoms with Crippen molar-refractivity contribution in [3.05, 3.63) is 87.5 Å². The Morgan fingerprint density at radius 2 is 1.86 bits per heavy atom. The fourth-order valence-electron chi connectivity index (χ4n) is 3.08. The van der Waals surface area contributed by atoms with Crippen LogP contribution in [0.25, 0.3) is 11.4 Å². The molecule has 3 aromatic heterocycles. The summed E-state index contributed by atoms with van der Waals surface area (Å²) < 4.78 is 66.7. The molecule has 5 N–H and O–H groups in total. The first-order chi connectivity index (χ1) is 17.1. The zero-order valence-corrected chi connectivity index (χ0v) is 18.1. The second kappa shape index (κ2) is 10.2. The lowest BCUT2D eigenvalue weighted by molar-refractivity contribution is -0.137. The number of nitrogens with one attached hydrogen (secondary N) is 4. The van der Waals surface area contributed by atoms with Crippen LogP contribution in [0, 0.1) is 11.6 Å². The van der Waals surface area contributed by atoms with Gasteiger partial charge in [0.1, 0.15) is 29.5 Å². The minimum atomic E-state index is -4.66. The number of alkyl halides is 3. The maximum atomic E-state index is 14.0. The van der Waals surface area contributed by atoms with Gasteiger partial charge in [-0.25, -0.2) is 28.6 Å². The maximum absolute atomic E-state index is 14.0. The molecule has 3 heterocycles. The molecule has 0 aliphatic heterocycles. The van der Waals surface area contributed by atoms with Gasteiger partial charge in [0.25, 0.3) is 0 Å². The van der Waals surface area contributed by atoms with Gasteiger partial charge in [-0.3, -0.25) is 15.3 Å². The monoisotopic (exact) mass is 508 g/mol. The molecule has 0 saturated carbocycles. The molecule has 1 aromatic carbocycles. The van der Waals surface area contributed by atoms with Crippen LogP contribution in [0.3, 0.4) is 0 Å². The van der Waals surface area contributed by atoms with Crippen LogP contribution in [-0.2, 0) is 19.3 Å². The molecule has 0 spiro atoms. The lowest BCUT2D eigenvalue weighted by atomic mass is 10.2. The lowest BCUT2D eigenvalue weighted by Crippen LogP contribution is -2.23. The molecule has 4 rings (SSSR count). The number of hydrogen-bond acceptors (Lipinski definition) is 8. The van der Waals surface area contributed by atoms with Gasteiger partial charge in [-0.2, -0.15) is 18.3 Å². The van der Waals surface area contributed by atoms with E-state index in [9.17, 15) is 31.9 Å². The number of halogens is 5. The summed E-state index contributed by atoms with van der Waals surface area (Å²) in [6, 6.07) is 5.08. The van der Waals surface area contributed by atoms with Crippen LogP contribution in [0.4, 0.5) is 27.8 Å². The summed E-state index contributed by atoms with van der Waals surface area (Å²) in [5, 5.41) is 21.9. The Bertz CT molecular complexity index is 1420. The van der Waals surface area contributed by atoms with Crippen LogP contribution in [-0.4, -0.2) is 35.2 Å². The van der Waals surface area contributed by atoms with Crippen molar-refractivity contribution < 1.29 is 27.1 Å². The summed E-state index contributed by atoms with van der Waals surface area (Å²) in [6.07, 6.45) is -4.37. The van der Waals surface area contributed by atoms with Gasteiger partial charge in [-0.1, -0.05) is 6.07 Å². The number of rotatable bonds is 8. The Balaban J connectivity index is 1.64. The van der Waals surface area contributed by atoms with Gasteiger partial charge < -0.3 is 10.4 Å². The normalized spacial score (nSPS) is 12.5. The average Bonchev–Trinajstić information content (AvgIpc) is 3.26. The smallest absolute Gasteiger partial charge is 0.373 e. The third-order valence-corrected chi connectivity index (χ3v) is 4.84. The number of aliphatic hydroxyl groups is 1. The van der Waals surface area contributed by atoms with Gasteiger partial charge in [-0.05, 0) is 12.1 Å². The molecule has 15 heteroatoms. The van der Waals surface area contributed by atoms with Gasteiger partial charge in [0.05, 0.1) is 17.8 Å². The topological polar surface area (TPSA) is 144 Å². The molecular formula is C21H17F5N8O2. The Hall–Kier alpha value is -4.24. The quantitative estimate of drug-likeness (QED) is 0.181. The van der Waals surface area contributed by atoms with Crippen LogP contribution in [0.2, 0.25) is 0 Å². The van der Waals surface area contributed by atoms with E-state index < -0.39 is 35.3 Å². The maximum Gasteiger partial charge on any atom is 0.417 e. The standard InChI is InChI=1S/C21H17F5N8O2/c22-13-2-1-10(14(23)4-13)7-28-16-5-15(19(35)29-9-17-32-20(36)34-33-17)30-18(31-16)11-3-12(8-27-6-11)21(24,25)26/h1-6,8,19,29,35H,7,9H2,(H,28,30,31)(H2,32,33,34,36). The number of hydrogen-bond donors (Lipinski definition) is 5. The Morgan fingerprint density at radius 1 is 1.06 bits per heavy atom. The zero-order chi connectivity index (χ0) is 25.9. The van der Waals surface area contributed by atoms with E-state index in [1.807, 2.05) is 0 Å². The van der Waals surface area contributed by atoms with E-state index >= 15 is 0 Å². The molecule has 0 amide bonds. The molecule has 0 radical (unpaired) electrons. The van der Waals surface area contributed by atoms with Gasteiger partial charge in [0, 0.05) is 42.2 Å². The average molecular weight is 508 g/mol. The third-order valence-electron chi connectivity index (χ3n) is 4.84. The van der Waals surface area contributed by atoms with Crippen LogP contribution in [0.15, 0.2) is 47.5 Å². The molecule has 1 atom stereocenters. The summed E-state index contributed by atoms with van der Waals surface area (Å²) in [5.41, 5.74) is -1.64. The number of aromatic amines is 2. The van der Waals surface area contributed by atoms with Crippen LogP contribution in [0.5, 0.6) is 0 Å². The van der Waals surface area contributed by atoms with Crippen LogP contribution < -0.4 is 16.3 Å². The van der Waals surface area contributed by atoms with Crippen molar-refractivity contribution in [2.24, 2.45) is 0 Å². The van der Waals surface area contributed by atoms with Crippen molar-refractivity contribution in [2.75, 3.05) is 5.32 Å². The summed E-state index contributed by atoms with van der Waals surface area (Å²) in [5.74, 6) is -1.56. The van der Waals surface area contributed by atoms with Gasteiger partial charge >= 0.3 is 11.9 Å². The minimum absolute atomic E-state index is 0.0326. The van der Waals surface area contributed by atoms with E-state index in [-0.39, 0.29) is 47.4 Å². The van der Waals surface area contributed by atoms with E-state index in [1.54, 1.807) is 0 Å². The number of pyridine rings is 1. The number of benzene rings is 1. The Morgan fingerprint density at radius 3 is 2.56 bits per heavy atom. The Labute approximate surface area is 198 Å². The molecule has 0 aliphatic rings. The highest BCUT2D eigenvalue weighted by atomic mass is 19.4. The molecule has 188 valence electrons. The molecule has 1 unspecified atom stereocenters. The van der Waals surface area contributed by atoms with Crippen molar-refractivity contribution in [2.45, 2.75) is 25.5 Å². The summed E-state index contributed by atoms with van der Waals surface area (Å²) in [7, 11) is 0. The largest absolute Gasteiger partial charge is 0.417 e. The zero-order valence-electron chi connectivity index (χ0n) is 18.1. The fourth-order valence-corrected chi connectivity index (χ4v) is 3.08. The van der Waals surface area contributed by atoms with Crippen molar-refractivity contribution >= 4 is 5.82 Å². The van der Waals surface area contributed by atoms with Crippen molar-refractivity contribution in [3.8, 4) is 11.4 Å². The van der Waals surface area contributed by atoms with E-state index in [0.29, 0.717) is 12.3 Å². The van der Waals surface area contributed by atoms with Crippen molar-refractivity contribution in [1.82, 2.24) is 35.5 Å².